The van der Waals surface area contributed by atoms with Gasteiger partial charge in [0, 0.05) is 12.4 Å². The topological polar surface area (TPSA) is 26.5 Å². The van der Waals surface area contributed by atoms with Crippen LogP contribution in [0.4, 0.5) is 0 Å². The van der Waals surface area contributed by atoms with Crippen LogP contribution in [0, 0.1) is 6.92 Å². The van der Waals surface area contributed by atoms with E-state index in [9.17, 15) is 0 Å². The van der Waals surface area contributed by atoms with Crippen molar-refractivity contribution in [2.75, 3.05) is 0 Å². The van der Waals surface area contributed by atoms with Crippen molar-refractivity contribution >= 4 is 17.2 Å². The second kappa shape index (κ2) is 7.14. The molecule has 3 nitrogen and oxygen atoms in total. The number of fused-ring (bicyclic) bond motifs is 1. The van der Waals surface area contributed by atoms with Gasteiger partial charge >= 0.3 is 0 Å². The number of hydrogen-bond donors (Lipinski definition) is 0. The summed E-state index contributed by atoms with van der Waals surface area (Å²) < 4.78 is 7.67. The molecule has 0 N–H and O–H groups in total. The largest absolute Gasteiger partial charge is 0.486 e. The van der Waals surface area contributed by atoms with Gasteiger partial charge in [0.15, 0.2) is 0 Å². The van der Waals surface area contributed by atoms with Gasteiger partial charge in [0.2, 0.25) is 0 Å². The summed E-state index contributed by atoms with van der Waals surface area (Å²) in [6, 6.07) is 11.6. The number of rotatable bonds is 3. The average molecular weight is 303 g/mol. The fourth-order valence-electron chi connectivity index (χ4n) is 1.93. The van der Waals surface area contributed by atoms with Crippen LogP contribution in [-0.4, -0.2) is 9.38 Å². The molecule has 0 atom stereocenters. The quantitative estimate of drug-likeness (QED) is 0.688. The van der Waals surface area contributed by atoms with Gasteiger partial charge in [-0.3, -0.25) is 0 Å². The Hall–Kier alpha value is -2.00. The third-order valence-electron chi connectivity index (χ3n) is 2.88. The first-order valence-electron chi connectivity index (χ1n) is 7.04. The first-order chi connectivity index (χ1) is 10.2. The third kappa shape index (κ3) is 3.76. The van der Waals surface area contributed by atoms with Crippen LogP contribution in [0.1, 0.15) is 25.1 Å². The van der Waals surface area contributed by atoms with Crippen molar-refractivity contribution in [2.24, 2.45) is 0 Å². The second-order valence-corrected chi connectivity index (χ2v) is 4.83. The van der Waals surface area contributed by atoms with E-state index >= 15 is 0 Å². The van der Waals surface area contributed by atoms with E-state index in [1.807, 2.05) is 74.0 Å². The van der Waals surface area contributed by atoms with Gasteiger partial charge in [0.25, 0.3) is 0 Å². The molecule has 2 aromatic heterocycles. The zero-order valence-electron chi connectivity index (χ0n) is 12.5. The molecule has 2 heterocycles. The third-order valence-corrected chi connectivity index (χ3v) is 3.17. The van der Waals surface area contributed by atoms with Gasteiger partial charge in [0.1, 0.15) is 18.0 Å². The van der Waals surface area contributed by atoms with E-state index in [1.165, 1.54) is 0 Å². The van der Waals surface area contributed by atoms with E-state index in [-0.39, 0.29) is 0 Å². The highest BCUT2D eigenvalue weighted by molar-refractivity contribution is 6.32. The van der Waals surface area contributed by atoms with E-state index < -0.39 is 0 Å². The molecule has 0 amide bonds. The lowest BCUT2D eigenvalue weighted by molar-refractivity contribution is 0.302. The van der Waals surface area contributed by atoms with E-state index in [4.69, 9.17) is 16.3 Å². The minimum atomic E-state index is 0.407. The highest BCUT2D eigenvalue weighted by atomic mass is 35.5. The van der Waals surface area contributed by atoms with Crippen molar-refractivity contribution < 1.29 is 4.74 Å². The van der Waals surface area contributed by atoms with Crippen LogP contribution in [0.15, 0.2) is 48.8 Å². The number of pyridine rings is 1. The number of aryl methyl sites for hydroxylation is 1. The molecule has 0 spiro atoms. The molecule has 0 aliphatic carbocycles. The normalized spacial score (nSPS) is 10.1. The molecule has 0 fully saturated rings. The monoisotopic (exact) mass is 302 g/mol. The van der Waals surface area contributed by atoms with Crippen LogP contribution in [0.25, 0.3) is 5.65 Å². The number of imidazole rings is 1. The van der Waals surface area contributed by atoms with Crippen molar-refractivity contribution in [3.63, 3.8) is 0 Å². The Balaban J connectivity index is 0.000000774. The van der Waals surface area contributed by atoms with Crippen LogP contribution in [0.5, 0.6) is 5.75 Å². The molecule has 110 valence electrons. The number of nitrogens with zero attached hydrogens (tertiary/aromatic N) is 2. The summed E-state index contributed by atoms with van der Waals surface area (Å²) in [4.78, 5) is 4.47. The summed E-state index contributed by atoms with van der Waals surface area (Å²) in [6.07, 6.45) is 3.92. The van der Waals surface area contributed by atoms with Crippen LogP contribution in [-0.2, 0) is 6.61 Å². The van der Waals surface area contributed by atoms with Crippen molar-refractivity contribution in [1.82, 2.24) is 9.38 Å². The van der Waals surface area contributed by atoms with Crippen LogP contribution >= 0.6 is 11.6 Å². The average Bonchev–Trinajstić information content (AvgIpc) is 2.91. The summed E-state index contributed by atoms with van der Waals surface area (Å²) >= 11 is 6.12. The molecule has 3 aromatic rings. The molecule has 21 heavy (non-hydrogen) atoms. The molecular weight excluding hydrogens is 284 g/mol. The minimum absolute atomic E-state index is 0.407. The molecule has 0 aliphatic heterocycles. The first kappa shape index (κ1) is 15.4. The number of ether oxygens (including phenoxy) is 1. The van der Waals surface area contributed by atoms with Gasteiger partial charge in [-0.25, -0.2) is 4.98 Å². The summed E-state index contributed by atoms with van der Waals surface area (Å²) in [5.41, 5.74) is 2.91. The van der Waals surface area contributed by atoms with E-state index in [0.717, 1.165) is 16.9 Å². The lowest BCUT2D eigenvalue weighted by Crippen LogP contribution is -1.96. The zero-order valence-corrected chi connectivity index (χ0v) is 13.3. The fourth-order valence-corrected chi connectivity index (χ4v) is 2.22. The second-order valence-electron chi connectivity index (χ2n) is 4.42. The summed E-state index contributed by atoms with van der Waals surface area (Å²) in [5, 5.41) is 0.628. The molecule has 0 aliphatic rings. The molecule has 3 rings (SSSR count). The molecule has 1 aromatic carbocycles. The SMILES string of the molecule is CC.Cc1ccc(OCc2cn3ccccc3n2)c(Cl)c1. The standard InChI is InChI=1S/C15H13ClN2O.C2H6/c1-11-5-6-14(13(16)8-11)19-10-12-9-18-7-3-2-4-15(18)17-12;1-2/h2-9H,10H2,1H3;1-2H3. The van der Waals surface area contributed by atoms with Gasteiger partial charge in [0.05, 0.1) is 10.7 Å². The number of benzene rings is 1. The Kier molecular flexibility index (Phi) is 5.23. The lowest BCUT2D eigenvalue weighted by atomic mass is 10.2. The zero-order chi connectivity index (χ0) is 15.2. The van der Waals surface area contributed by atoms with E-state index in [0.29, 0.717) is 17.4 Å². The molecule has 0 saturated carbocycles. The van der Waals surface area contributed by atoms with Gasteiger partial charge in [-0.15, -0.1) is 0 Å². The summed E-state index contributed by atoms with van der Waals surface area (Å²) in [6.45, 7) is 6.40. The molecule has 0 bridgehead atoms. The lowest BCUT2D eigenvalue weighted by Gasteiger charge is -2.06. The maximum absolute atomic E-state index is 6.12. The fraction of sp³-hybridized carbons (Fsp3) is 0.235. The van der Waals surface area contributed by atoms with E-state index in [2.05, 4.69) is 4.98 Å². The van der Waals surface area contributed by atoms with Crippen LogP contribution in [0.3, 0.4) is 0 Å². The highest BCUT2D eigenvalue weighted by Gasteiger charge is 2.05. The van der Waals surface area contributed by atoms with Gasteiger partial charge in [-0.2, -0.15) is 0 Å². The van der Waals surface area contributed by atoms with Crippen molar-refractivity contribution in [3.05, 3.63) is 65.1 Å². The van der Waals surface area contributed by atoms with Crippen molar-refractivity contribution in [3.8, 4) is 5.75 Å². The van der Waals surface area contributed by atoms with Crippen molar-refractivity contribution in [2.45, 2.75) is 27.4 Å². The van der Waals surface area contributed by atoms with Crippen LogP contribution in [0.2, 0.25) is 5.02 Å². The molecule has 0 radical (unpaired) electrons. The Morgan fingerprint density at radius 3 is 2.71 bits per heavy atom. The molecule has 0 unspecified atom stereocenters. The number of aromatic nitrogens is 2. The molecule has 0 saturated heterocycles. The van der Waals surface area contributed by atoms with E-state index in [1.54, 1.807) is 0 Å². The maximum atomic E-state index is 6.12. The molecular formula is C17H19ClN2O. The van der Waals surface area contributed by atoms with Crippen LogP contribution < -0.4 is 4.74 Å². The Morgan fingerprint density at radius 2 is 2.00 bits per heavy atom. The summed E-state index contributed by atoms with van der Waals surface area (Å²) in [7, 11) is 0. The predicted octanol–water partition coefficient (Wildman–Crippen LogP) is 4.90. The maximum Gasteiger partial charge on any atom is 0.138 e. The van der Waals surface area contributed by atoms with Crippen molar-refractivity contribution in [1.29, 1.82) is 0 Å². The predicted molar refractivity (Wildman–Crippen MR) is 87.1 cm³/mol. The first-order valence-corrected chi connectivity index (χ1v) is 7.42. The Bertz CT molecular complexity index is 689. The number of hydrogen-bond acceptors (Lipinski definition) is 2. The Morgan fingerprint density at radius 1 is 1.19 bits per heavy atom. The Labute approximate surface area is 130 Å². The highest BCUT2D eigenvalue weighted by Crippen LogP contribution is 2.25. The van der Waals surface area contributed by atoms with Gasteiger partial charge in [-0.1, -0.05) is 37.6 Å². The smallest absolute Gasteiger partial charge is 0.138 e. The number of halogens is 1. The van der Waals surface area contributed by atoms with Gasteiger partial charge < -0.3 is 9.14 Å². The van der Waals surface area contributed by atoms with Gasteiger partial charge in [-0.05, 0) is 36.8 Å². The summed E-state index contributed by atoms with van der Waals surface area (Å²) in [5.74, 6) is 0.685. The minimum Gasteiger partial charge on any atom is -0.486 e. The molecule has 4 heteroatoms.